The number of alkyl halides is 1. The molecule has 0 spiro atoms. The second kappa shape index (κ2) is 4.14. The first kappa shape index (κ1) is 10.6. The average Bonchev–Trinajstić information content (AvgIpc) is 2.30. The molecule has 3 heteroatoms. The molecule has 2 atom stereocenters. The Morgan fingerprint density at radius 2 is 2.15 bits per heavy atom. The van der Waals surface area contributed by atoms with Crippen molar-refractivity contribution in [2.24, 2.45) is 13.0 Å². The van der Waals surface area contributed by atoms with E-state index in [0.29, 0.717) is 5.92 Å². The molecule has 0 amide bonds. The van der Waals surface area contributed by atoms with Gasteiger partial charge in [-0.15, -0.1) is 11.6 Å². The summed E-state index contributed by atoms with van der Waals surface area (Å²) in [5, 5.41) is 4.51. The van der Waals surface area contributed by atoms with Crippen LogP contribution in [-0.4, -0.2) is 15.2 Å². The van der Waals surface area contributed by atoms with E-state index in [-0.39, 0.29) is 5.38 Å². The van der Waals surface area contributed by atoms with E-state index in [2.05, 4.69) is 18.1 Å². The van der Waals surface area contributed by atoms with Gasteiger partial charge in [0.25, 0.3) is 0 Å². The number of hydrogen-bond donors (Lipinski definition) is 0. The van der Waals surface area contributed by atoms with Crippen molar-refractivity contribution in [3.63, 3.8) is 0 Å². The Balaban J connectivity index is 2.68. The zero-order chi connectivity index (χ0) is 10.0. The molecule has 0 radical (unpaired) electrons. The van der Waals surface area contributed by atoms with E-state index in [4.69, 9.17) is 11.6 Å². The van der Waals surface area contributed by atoms with Gasteiger partial charge in [0.15, 0.2) is 0 Å². The quantitative estimate of drug-likeness (QED) is 0.686. The van der Waals surface area contributed by atoms with Gasteiger partial charge in [-0.1, -0.05) is 6.92 Å². The normalized spacial score (nSPS) is 15.8. The summed E-state index contributed by atoms with van der Waals surface area (Å²) in [6, 6.07) is 2.12. The molecule has 0 aliphatic rings. The fourth-order valence-corrected chi connectivity index (χ4v) is 1.44. The van der Waals surface area contributed by atoms with Crippen molar-refractivity contribution in [2.75, 3.05) is 0 Å². The summed E-state index contributed by atoms with van der Waals surface area (Å²) < 4.78 is 1.94. The molecule has 0 aliphatic heterocycles. The van der Waals surface area contributed by atoms with E-state index in [1.165, 1.54) is 5.69 Å². The van der Waals surface area contributed by atoms with Gasteiger partial charge in [-0.3, -0.25) is 4.68 Å². The number of hydrogen-bond acceptors (Lipinski definition) is 1. The molecule has 0 saturated heterocycles. The topological polar surface area (TPSA) is 17.8 Å². The van der Waals surface area contributed by atoms with Gasteiger partial charge in [0, 0.05) is 18.1 Å². The molecule has 0 fully saturated rings. The van der Waals surface area contributed by atoms with Crippen molar-refractivity contribution in [2.45, 2.75) is 32.6 Å². The van der Waals surface area contributed by atoms with Crippen molar-refractivity contribution < 1.29 is 0 Å². The monoisotopic (exact) mass is 200 g/mol. The van der Waals surface area contributed by atoms with E-state index < -0.39 is 0 Å². The molecule has 74 valence electrons. The molecule has 2 unspecified atom stereocenters. The van der Waals surface area contributed by atoms with Gasteiger partial charge in [-0.25, -0.2) is 0 Å². The lowest BCUT2D eigenvalue weighted by atomic mass is 10.0. The number of nitrogens with zero attached hydrogens (tertiary/aromatic N) is 2. The maximum absolute atomic E-state index is 6.01. The van der Waals surface area contributed by atoms with Crippen LogP contribution in [0.3, 0.4) is 0 Å². The molecule has 0 aliphatic carbocycles. The summed E-state index contributed by atoms with van der Waals surface area (Å²) in [7, 11) is 1.98. The Kier molecular flexibility index (Phi) is 3.37. The highest BCUT2D eigenvalue weighted by molar-refractivity contribution is 6.20. The second-order valence-electron chi connectivity index (χ2n) is 3.76. The van der Waals surface area contributed by atoms with Crippen molar-refractivity contribution in [1.82, 2.24) is 9.78 Å². The average molecular weight is 201 g/mol. The number of rotatable bonds is 3. The highest BCUT2D eigenvalue weighted by atomic mass is 35.5. The lowest BCUT2D eigenvalue weighted by Gasteiger charge is -2.13. The summed E-state index contributed by atoms with van der Waals surface area (Å²) in [5.41, 5.74) is 2.34. The van der Waals surface area contributed by atoms with Gasteiger partial charge in [-0.05, 0) is 32.3 Å². The van der Waals surface area contributed by atoms with Crippen LogP contribution in [-0.2, 0) is 13.5 Å². The van der Waals surface area contributed by atoms with Crippen molar-refractivity contribution >= 4 is 11.6 Å². The standard InChI is InChI=1S/C10H17ClN2/c1-7(9(3)11)5-10-6-8(2)12-13(10)4/h6-7,9H,5H2,1-4H3. The highest BCUT2D eigenvalue weighted by Crippen LogP contribution is 2.16. The SMILES string of the molecule is Cc1cc(CC(C)C(C)Cl)n(C)n1. The van der Waals surface area contributed by atoms with Gasteiger partial charge in [0.2, 0.25) is 0 Å². The molecule has 0 bridgehead atoms. The van der Waals surface area contributed by atoms with E-state index >= 15 is 0 Å². The summed E-state index contributed by atoms with van der Waals surface area (Å²) in [6.07, 6.45) is 1.00. The predicted octanol–water partition coefficient (Wildman–Crippen LogP) is 2.53. The fraction of sp³-hybridized carbons (Fsp3) is 0.700. The van der Waals surface area contributed by atoms with Gasteiger partial charge >= 0.3 is 0 Å². The van der Waals surface area contributed by atoms with Crippen LogP contribution in [0.15, 0.2) is 6.07 Å². The first-order chi connectivity index (χ1) is 6.00. The van der Waals surface area contributed by atoms with Crippen molar-refractivity contribution in [3.05, 3.63) is 17.5 Å². The van der Waals surface area contributed by atoms with Crippen molar-refractivity contribution in [3.8, 4) is 0 Å². The molecule has 1 aromatic rings. The molecule has 13 heavy (non-hydrogen) atoms. The van der Waals surface area contributed by atoms with Crippen LogP contribution in [0.1, 0.15) is 25.2 Å². The van der Waals surface area contributed by atoms with Crippen LogP contribution in [0.2, 0.25) is 0 Å². The predicted molar refractivity (Wildman–Crippen MR) is 56.1 cm³/mol. The van der Waals surface area contributed by atoms with Crippen LogP contribution in [0, 0.1) is 12.8 Å². The van der Waals surface area contributed by atoms with Crippen LogP contribution >= 0.6 is 11.6 Å². The minimum atomic E-state index is 0.218. The summed E-state index contributed by atoms with van der Waals surface area (Å²) in [4.78, 5) is 0. The first-order valence-corrected chi connectivity index (χ1v) is 5.08. The zero-order valence-corrected chi connectivity index (χ0v) is 9.47. The lowest BCUT2D eigenvalue weighted by Crippen LogP contribution is -2.12. The Hall–Kier alpha value is -0.500. The Morgan fingerprint density at radius 3 is 2.54 bits per heavy atom. The Bertz CT molecular complexity index is 278. The maximum Gasteiger partial charge on any atom is 0.0596 e. The molecule has 0 N–H and O–H groups in total. The van der Waals surface area contributed by atoms with E-state index in [1.54, 1.807) is 0 Å². The zero-order valence-electron chi connectivity index (χ0n) is 8.71. The second-order valence-corrected chi connectivity index (χ2v) is 4.45. The summed E-state index contributed by atoms with van der Waals surface area (Å²) >= 11 is 6.01. The number of aryl methyl sites for hydroxylation is 2. The lowest BCUT2D eigenvalue weighted by molar-refractivity contribution is 0.539. The molecular formula is C10H17ClN2. The van der Waals surface area contributed by atoms with Gasteiger partial charge in [0.1, 0.15) is 0 Å². The van der Waals surface area contributed by atoms with E-state index in [1.807, 2.05) is 25.6 Å². The van der Waals surface area contributed by atoms with Crippen LogP contribution in [0.25, 0.3) is 0 Å². The van der Waals surface area contributed by atoms with E-state index in [9.17, 15) is 0 Å². The minimum absolute atomic E-state index is 0.218. The molecule has 0 saturated carbocycles. The first-order valence-electron chi connectivity index (χ1n) is 4.64. The minimum Gasteiger partial charge on any atom is -0.272 e. The molecular weight excluding hydrogens is 184 g/mol. The highest BCUT2D eigenvalue weighted by Gasteiger charge is 2.12. The molecule has 2 nitrogen and oxygen atoms in total. The number of halogens is 1. The van der Waals surface area contributed by atoms with Gasteiger partial charge in [-0.2, -0.15) is 5.10 Å². The van der Waals surface area contributed by atoms with E-state index in [0.717, 1.165) is 12.1 Å². The van der Waals surface area contributed by atoms with Crippen LogP contribution in [0.5, 0.6) is 0 Å². The van der Waals surface area contributed by atoms with Gasteiger partial charge in [0.05, 0.1) is 5.69 Å². The number of aromatic nitrogens is 2. The third kappa shape index (κ3) is 2.73. The van der Waals surface area contributed by atoms with Crippen LogP contribution < -0.4 is 0 Å². The molecule has 1 aromatic heterocycles. The summed E-state index contributed by atoms with van der Waals surface area (Å²) in [5.74, 6) is 0.497. The maximum atomic E-state index is 6.01. The largest absolute Gasteiger partial charge is 0.272 e. The molecule has 1 rings (SSSR count). The Labute approximate surface area is 84.9 Å². The summed E-state index contributed by atoms with van der Waals surface area (Å²) in [6.45, 7) is 6.22. The fourth-order valence-electron chi connectivity index (χ4n) is 1.35. The Morgan fingerprint density at radius 1 is 1.54 bits per heavy atom. The molecule has 1 heterocycles. The third-order valence-corrected chi connectivity index (χ3v) is 2.84. The molecule has 0 aromatic carbocycles. The third-order valence-electron chi connectivity index (χ3n) is 2.41. The van der Waals surface area contributed by atoms with Crippen LogP contribution in [0.4, 0.5) is 0 Å². The van der Waals surface area contributed by atoms with Gasteiger partial charge < -0.3 is 0 Å². The van der Waals surface area contributed by atoms with Crippen molar-refractivity contribution in [1.29, 1.82) is 0 Å². The smallest absolute Gasteiger partial charge is 0.0596 e.